The number of hydrogen-bond acceptors (Lipinski definition) is 6. The molecule has 7 heteroatoms. The molecule has 0 saturated carbocycles. The van der Waals surface area contributed by atoms with Gasteiger partial charge >= 0.3 is 5.97 Å². The van der Waals surface area contributed by atoms with E-state index in [-0.39, 0.29) is 5.04 Å². The molecule has 1 atom stereocenters. The van der Waals surface area contributed by atoms with Crippen molar-refractivity contribution in [3.63, 3.8) is 0 Å². The van der Waals surface area contributed by atoms with Crippen molar-refractivity contribution in [3.05, 3.63) is 17.2 Å². The molecule has 0 aliphatic heterocycles. The highest BCUT2D eigenvalue weighted by Crippen LogP contribution is 2.46. The summed E-state index contributed by atoms with van der Waals surface area (Å²) in [5.74, 6) is 1.05. The molecule has 0 unspecified atom stereocenters. The highest BCUT2D eigenvalue weighted by Gasteiger charge is 2.41. The molecule has 142 valence electrons. The van der Waals surface area contributed by atoms with E-state index < -0.39 is 20.3 Å². The summed E-state index contributed by atoms with van der Waals surface area (Å²) in [6, 6.07) is 0.732. The van der Waals surface area contributed by atoms with Gasteiger partial charge in [-0.2, -0.15) is 0 Å². The van der Waals surface area contributed by atoms with Gasteiger partial charge in [-0.15, -0.1) is 0 Å². The minimum absolute atomic E-state index is 0.0293. The van der Waals surface area contributed by atoms with Crippen LogP contribution in [-0.2, 0) is 9.53 Å². The Labute approximate surface area is 151 Å². The van der Waals surface area contributed by atoms with Crippen LogP contribution in [0.25, 0.3) is 0 Å². The second-order valence-corrected chi connectivity index (χ2v) is 12.2. The number of esters is 1. The monoisotopic (exact) mass is 369 g/mol. The first-order valence-corrected chi connectivity index (χ1v) is 11.1. The fourth-order valence-electron chi connectivity index (χ4n) is 2.18. The predicted molar refractivity (Wildman–Crippen MR) is 101 cm³/mol. The summed E-state index contributed by atoms with van der Waals surface area (Å²) in [4.78, 5) is 12.0. The van der Waals surface area contributed by atoms with Gasteiger partial charge in [-0.3, -0.25) is 4.79 Å². The highest BCUT2D eigenvalue weighted by atomic mass is 28.4. The van der Waals surface area contributed by atoms with Crippen LogP contribution in [0.2, 0.25) is 18.1 Å². The van der Waals surface area contributed by atoms with Gasteiger partial charge in [-0.25, -0.2) is 0 Å². The second kappa shape index (κ2) is 7.66. The molecule has 0 fully saturated rings. The van der Waals surface area contributed by atoms with Crippen molar-refractivity contribution < 1.29 is 23.4 Å². The van der Waals surface area contributed by atoms with Crippen molar-refractivity contribution >= 4 is 14.3 Å². The van der Waals surface area contributed by atoms with Crippen LogP contribution < -0.4 is 19.6 Å². The number of carbonyl (C=O) groups excluding carboxylic acids is 1. The van der Waals surface area contributed by atoms with Crippen LogP contribution in [0.5, 0.6) is 17.2 Å². The summed E-state index contributed by atoms with van der Waals surface area (Å²) < 4.78 is 22.3. The number of hydrogen-bond donors (Lipinski definition) is 1. The minimum atomic E-state index is -2.19. The van der Waals surface area contributed by atoms with E-state index in [0.717, 1.165) is 5.56 Å². The van der Waals surface area contributed by atoms with Gasteiger partial charge in [-0.05, 0) is 31.1 Å². The van der Waals surface area contributed by atoms with Crippen LogP contribution >= 0.6 is 0 Å². The lowest BCUT2D eigenvalue weighted by Crippen LogP contribution is -2.44. The van der Waals surface area contributed by atoms with Gasteiger partial charge in [0.15, 0.2) is 11.5 Å². The fraction of sp³-hybridized carbons (Fsp3) is 0.611. The normalized spacial score (nSPS) is 13.2. The molecule has 25 heavy (non-hydrogen) atoms. The molecular formula is C18H31NO5Si. The lowest BCUT2D eigenvalue weighted by Gasteiger charge is -2.38. The Balaban J connectivity index is 3.66. The Hall–Kier alpha value is -1.73. The lowest BCUT2D eigenvalue weighted by atomic mass is 10.0. The van der Waals surface area contributed by atoms with Gasteiger partial charge in [-0.1, -0.05) is 20.8 Å². The quantitative estimate of drug-likeness (QED) is 0.610. The molecule has 1 aromatic carbocycles. The van der Waals surface area contributed by atoms with E-state index >= 15 is 0 Å². The van der Waals surface area contributed by atoms with E-state index in [1.54, 1.807) is 20.3 Å². The van der Waals surface area contributed by atoms with Crippen molar-refractivity contribution in [2.75, 3.05) is 21.3 Å². The van der Waals surface area contributed by atoms with Crippen molar-refractivity contribution in [2.24, 2.45) is 5.73 Å². The van der Waals surface area contributed by atoms with Crippen LogP contribution in [0.4, 0.5) is 0 Å². The van der Waals surface area contributed by atoms with E-state index in [9.17, 15) is 4.79 Å². The van der Waals surface area contributed by atoms with Crippen LogP contribution in [0.1, 0.15) is 37.9 Å². The molecule has 0 bridgehead atoms. The van der Waals surface area contributed by atoms with Gasteiger partial charge in [0.2, 0.25) is 0 Å². The van der Waals surface area contributed by atoms with E-state index in [1.807, 2.05) is 6.92 Å². The molecule has 0 aliphatic rings. The summed E-state index contributed by atoms with van der Waals surface area (Å²) >= 11 is 0. The average Bonchev–Trinajstić information content (AvgIpc) is 2.52. The Morgan fingerprint density at radius 3 is 2.08 bits per heavy atom. The van der Waals surface area contributed by atoms with Gasteiger partial charge in [0.1, 0.15) is 11.8 Å². The maximum Gasteiger partial charge on any atom is 0.327 e. The molecule has 0 spiro atoms. The number of benzene rings is 1. The van der Waals surface area contributed by atoms with Crippen LogP contribution in [0.3, 0.4) is 0 Å². The van der Waals surface area contributed by atoms with Crippen molar-refractivity contribution in [1.82, 2.24) is 0 Å². The Morgan fingerprint density at radius 1 is 1.12 bits per heavy atom. The third-order valence-electron chi connectivity index (χ3n) is 4.84. The first-order valence-electron chi connectivity index (χ1n) is 8.19. The molecule has 0 aromatic heterocycles. The predicted octanol–water partition coefficient (Wildman–Crippen LogP) is 3.57. The Kier molecular flexibility index (Phi) is 6.53. The first kappa shape index (κ1) is 21.3. The zero-order chi connectivity index (χ0) is 19.6. The fourth-order valence-corrected chi connectivity index (χ4v) is 3.21. The molecule has 0 aliphatic carbocycles. The molecule has 6 nitrogen and oxygen atoms in total. The number of nitrogens with two attached hydrogens (primary N) is 1. The van der Waals surface area contributed by atoms with E-state index in [1.165, 1.54) is 7.11 Å². The summed E-state index contributed by atoms with van der Waals surface area (Å²) in [5, 5.41) is -0.0293. The Morgan fingerprint density at radius 2 is 1.68 bits per heavy atom. The molecule has 0 heterocycles. The van der Waals surface area contributed by atoms with E-state index in [2.05, 4.69) is 33.9 Å². The highest BCUT2D eigenvalue weighted by molar-refractivity contribution is 6.74. The van der Waals surface area contributed by atoms with Crippen LogP contribution in [0, 0.1) is 6.92 Å². The maximum atomic E-state index is 12.0. The lowest BCUT2D eigenvalue weighted by molar-refractivity contribution is -0.142. The van der Waals surface area contributed by atoms with Crippen molar-refractivity contribution in [3.8, 4) is 17.2 Å². The minimum Gasteiger partial charge on any atom is -0.541 e. The Bertz CT molecular complexity index is 637. The summed E-state index contributed by atoms with van der Waals surface area (Å²) in [6.07, 6.45) is 0. The van der Waals surface area contributed by atoms with E-state index in [4.69, 9.17) is 24.4 Å². The standard InChI is InChI=1S/C18H31NO5Si/c1-11-13(21-5)10-12(14(19)17(20)23-7)16(15(11)22-6)24-25(8,9)18(2,3)4/h10,14H,19H2,1-9H3/t14-/m1/s1. The zero-order valence-corrected chi connectivity index (χ0v) is 17.8. The third kappa shape index (κ3) is 4.27. The van der Waals surface area contributed by atoms with Gasteiger partial charge in [0.25, 0.3) is 8.32 Å². The van der Waals surface area contributed by atoms with Gasteiger partial charge < -0.3 is 24.4 Å². The van der Waals surface area contributed by atoms with Gasteiger partial charge in [0, 0.05) is 11.1 Å². The SMILES string of the molecule is COC(=O)[C@H](N)c1cc(OC)c(C)c(OC)c1O[Si](C)(C)C(C)(C)C. The molecule has 0 saturated heterocycles. The largest absolute Gasteiger partial charge is 0.541 e. The number of ether oxygens (including phenoxy) is 3. The van der Waals surface area contributed by atoms with Crippen LogP contribution in [0.15, 0.2) is 6.07 Å². The first-order chi connectivity index (χ1) is 11.4. The molecule has 2 N–H and O–H groups in total. The molecule has 0 radical (unpaired) electrons. The molecule has 0 amide bonds. The molecule has 1 rings (SSSR count). The molecular weight excluding hydrogens is 338 g/mol. The van der Waals surface area contributed by atoms with Crippen LogP contribution in [-0.4, -0.2) is 35.6 Å². The summed E-state index contributed by atoms with van der Waals surface area (Å²) in [6.45, 7) is 12.6. The van der Waals surface area contributed by atoms with E-state index in [0.29, 0.717) is 22.8 Å². The topological polar surface area (TPSA) is 80.0 Å². The smallest absolute Gasteiger partial charge is 0.327 e. The molecule has 1 aromatic rings. The van der Waals surface area contributed by atoms with Crippen molar-refractivity contribution in [1.29, 1.82) is 0 Å². The summed E-state index contributed by atoms with van der Waals surface area (Å²) in [7, 11) is 2.23. The average molecular weight is 370 g/mol. The zero-order valence-electron chi connectivity index (χ0n) is 16.8. The number of carbonyl (C=O) groups is 1. The third-order valence-corrected chi connectivity index (χ3v) is 9.17. The van der Waals surface area contributed by atoms with Gasteiger partial charge in [0.05, 0.1) is 21.3 Å². The number of methoxy groups -OCH3 is 3. The summed E-state index contributed by atoms with van der Waals surface area (Å²) in [5.41, 5.74) is 7.41. The maximum absolute atomic E-state index is 12.0. The number of rotatable bonds is 6. The second-order valence-electron chi connectivity index (χ2n) is 7.52. The van der Waals surface area contributed by atoms with Crippen molar-refractivity contribution in [2.45, 2.75) is 51.9 Å².